The number of rotatable bonds is 3. The van der Waals surface area contributed by atoms with Crippen LogP contribution < -0.4 is 10.2 Å². The molecule has 1 aromatic carbocycles. The zero-order valence-electron chi connectivity index (χ0n) is 11.2. The summed E-state index contributed by atoms with van der Waals surface area (Å²) in [6.07, 6.45) is 0. The van der Waals surface area contributed by atoms with Crippen LogP contribution in [0, 0.1) is 6.92 Å². The molecule has 0 aliphatic carbocycles. The Hall–Kier alpha value is -2.21. The number of aryl methyl sites for hydroxylation is 1. The van der Waals surface area contributed by atoms with E-state index >= 15 is 0 Å². The predicted molar refractivity (Wildman–Crippen MR) is 75.6 cm³/mol. The molecular formula is C14H14N2O3S. The maximum atomic E-state index is 11.7. The van der Waals surface area contributed by atoms with Gasteiger partial charge in [0.1, 0.15) is 10.6 Å². The first kappa shape index (κ1) is 14.2. The summed E-state index contributed by atoms with van der Waals surface area (Å²) in [6, 6.07) is 9.04. The van der Waals surface area contributed by atoms with Crippen molar-refractivity contribution < 1.29 is 14.0 Å². The van der Waals surface area contributed by atoms with Crippen LogP contribution in [0.15, 0.2) is 39.7 Å². The third-order valence-electron chi connectivity index (χ3n) is 2.55. The van der Waals surface area contributed by atoms with Crippen LogP contribution in [-0.2, 0) is 6.54 Å². The Labute approximate surface area is 120 Å². The van der Waals surface area contributed by atoms with Crippen molar-refractivity contribution in [1.82, 2.24) is 5.32 Å². The number of nitrogens with one attached hydrogen (secondary N) is 1. The minimum atomic E-state index is -0.492. The van der Waals surface area contributed by atoms with E-state index in [9.17, 15) is 9.59 Å². The molecule has 6 heteroatoms. The molecule has 1 aromatic heterocycles. The van der Waals surface area contributed by atoms with Gasteiger partial charge in [-0.1, -0.05) is 41.7 Å². The van der Waals surface area contributed by atoms with Crippen molar-refractivity contribution in [3.05, 3.63) is 51.4 Å². The van der Waals surface area contributed by atoms with Crippen molar-refractivity contribution in [2.45, 2.75) is 20.4 Å². The van der Waals surface area contributed by atoms with E-state index in [1.54, 1.807) is 6.92 Å². The lowest BCUT2D eigenvalue weighted by atomic mass is 10.2. The lowest BCUT2D eigenvalue weighted by Crippen LogP contribution is -2.20. The highest BCUT2D eigenvalue weighted by atomic mass is 32.1. The van der Waals surface area contributed by atoms with E-state index in [2.05, 4.69) is 10.3 Å². The lowest BCUT2D eigenvalue weighted by molar-refractivity contribution is 0.101. The quantitative estimate of drug-likeness (QED) is 0.883. The Morgan fingerprint density at radius 3 is 2.60 bits per heavy atom. The molecule has 0 spiro atoms. The Morgan fingerprint density at radius 2 is 2.00 bits per heavy atom. The molecular weight excluding hydrogens is 276 g/mol. The van der Waals surface area contributed by atoms with Crippen molar-refractivity contribution in [3.8, 4) is 0 Å². The van der Waals surface area contributed by atoms with Gasteiger partial charge in [0.15, 0.2) is 5.78 Å². The van der Waals surface area contributed by atoms with E-state index < -0.39 is 6.03 Å². The molecule has 2 amide bonds. The summed E-state index contributed by atoms with van der Waals surface area (Å²) in [5.41, 5.74) is 0.986. The smallest absolute Gasteiger partial charge is 0.345 e. The van der Waals surface area contributed by atoms with Gasteiger partial charge in [-0.25, -0.2) is 4.79 Å². The summed E-state index contributed by atoms with van der Waals surface area (Å²) in [7, 11) is 0. The Morgan fingerprint density at radius 1 is 1.30 bits per heavy atom. The van der Waals surface area contributed by atoms with Crippen LogP contribution in [0.5, 0.6) is 0 Å². The van der Waals surface area contributed by atoms with Crippen LogP contribution >= 0.6 is 11.3 Å². The number of Topliss-reactive ketones (excluding diaryl/α,β-unsaturated/α-hetero) is 1. The van der Waals surface area contributed by atoms with Gasteiger partial charge in [0.25, 0.3) is 4.87 Å². The predicted octanol–water partition coefficient (Wildman–Crippen LogP) is 2.66. The molecule has 1 heterocycles. The van der Waals surface area contributed by atoms with E-state index in [1.807, 2.05) is 30.3 Å². The molecule has 0 atom stereocenters. The SMILES string of the molecule is CC(=O)c1s/c(=N/C(=O)NCc2ccccc2)oc1C. The van der Waals surface area contributed by atoms with Gasteiger partial charge in [-0.3, -0.25) is 4.79 Å². The highest BCUT2D eigenvalue weighted by Crippen LogP contribution is 2.11. The number of urea groups is 1. The largest absolute Gasteiger partial charge is 0.434 e. The van der Waals surface area contributed by atoms with E-state index in [0.29, 0.717) is 17.2 Å². The highest BCUT2D eigenvalue weighted by molar-refractivity contribution is 7.11. The van der Waals surface area contributed by atoms with Crippen molar-refractivity contribution in [2.24, 2.45) is 4.99 Å². The minimum absolute atomic E-state index is 0.0950. The second-order valence-corrected chi connectivity index (χ2v) is 5.13. The van der Waals surface area contributed by atoms with Crippen LogP contribution in [0.2, 0.25) is 0 Å². The number of ketones is 1. The summed E-state index contributed by atoms with van der Waals surface area (Å²) in [4.78, 5) is 27.4. The fourth-order valence-electron chi connectivity index (χ4n) is 1.62. The number of carbonyl (C=O) groups excluding carboxylic acids is 2. The molecule has 20 heavy (non-hydrogen) atoms. The first-order valence-corrected chi connectivity index (χ1v) is 6.86. The van der Waals surface area contributed by atoms with E-state index in [0.717, 1.165) is 16.9 Å². The Balaban J connectivity index is 2.05. The van der Waals surface area contributed by atoms with Crippen LogP contribution in [0.4, 0.5) is 4.79 Å². The van der Waals surface area contributed by atoms with Gasteiger partial charge < -0.3 is 9.73 Å². The van der Waals surface area contributed by atoms with Crippen molar-refractivity contribution >= 4 is 23.2 Å². The molecule has 0 saturated heterocycles. The standard InChI is InChI=1S/C14H14N2O3S/c1-9(17)12-10(2)19-14(20-12)16-13(18)15-8-11-6-4-3-5-7-11/h3-7H,8H2,1-2H3,(H,15,18)/b16-14+. The number of carbonyl (C=O) groups is 2. The van der Waals surface area contributed by atoms with Crippen LogP contribution in [0.25, 0.3) is 0 Å². The van der Waals surface area contributed by atoms with Gasteiger partial charge in [0.2, 0.25) is 0 Å². The van der Waals surface area contributed by atoms with Crippen molar-refractivity contribution in [1.29, 1.82) is 0 Å². The number of hydrogen-bond donors (Lipinski definition) is 1. The van der Waals surface area contributed by atoms with Gasteiger partial charge >= 0.3 is 6.03 Å². The van der Waals surface area contributed by atoms with Crippen LogP contribution in [0.3, 0.4) is 0 Å². The molecule has 1 N–H and O–H groups in total. The molecule has 104 valence electrons. The zero-order valence-corrected chi connectivity index (χ0v) is 12.0. The molecule has 5 nitrogen and oxygen atoms in total. The zero-order chi connectivity index (χ0) is 14.5. The first-order valence-electron chi connectivity index (χ1n) is 6.04. The maximum absolute atomic E-state index is 11.7. The average Bonchev–Trinajstić information content (AvgIpc) is 2.78. The third-order valence-corrected chi connectivity index (χ3v) is 3.68. The van der Waals surface area contributed by atoms with Crippen LogP contribution in [0.1, 0.15) is 27.9 Å². The average molecular weight is 290 g/mol. The topological polar surface area (TPSA) is 71.7 Å². The van der Waals surface area contributed by atoms with Crippen molar-refractivity contribution in [3.63, 3.8) is 0 Å². The van der Waals surface area contributed by atoms with Gasteiger partial charge in [-0.2, -0.15) is 0 Å². The normalized spacial score (nSPS) is 11.4. The van der Waals surface area contributed by atoms with Crippen molar-refractivity contribution in [2.75, 3.05) is 0 Å². The summed E-state index contributed by atoms with van der Waals surface area (Å²) >= 11 is 1.07. The molecule has 0 unspecified atom stereocenters. The summed E-state index contributed by atoms with van der Waals surface area (Å²) in [5.74, 6) is 0.388. The molecule has 0 aliphatic heterocycles. The molecule has 0 bridgehead atoms. The monoisotopic (exact) mass is 290 g/mol. The second kappa shape index (κ2) is 6.29. The molecule has 0 radical (unpaired) electrons. The van der Waals surface area contributed by atoms with Gasteiger partial charge in [0, 0.05) is 13.5 Å². The Kier molecular flexibility index (Phi) is 4.47. The fourth-order valence-corrected chi connectivity index (χ4v) is 2.42. The van der Waals surface area contributed by atoms with Gasteiger partial charge in [-0.15, -0.1) is 4.99 Å². The Bertz CT molecular complexity index is 686. The second-order valence-electron chi connectivity index (χ2n) is 4.17. The fraction of sp³-hybridized carbons (Fsp3) is 0.214. The van der Waals surface area contributed by atoms with Gasteiger partial charge in [-0.05, 0) is 12.5 Å². The maximum Gasteiger partial charge on any atom is 0.345 e. The number of nitrogens with zero attached hydrogens (tertiary/aromatic N) is 1. The summed E-state index contributed by atoms with van der Waals surface area (Å²) in [5, 5.41) is 2.66. The highest BCUT2D eigenvalue weighted by Gasteiger charge is 2.10. The third kappa shape index (κ3) is 3.64. The number of benzene rings is 1. The molecule has 0 fully saturated rings. The molecule has 2 aromatic rings. The first-order chi connectivity index (χ1) is 9.56. The van der Waals surface area contributed by atoms with E-state index in [1.165, 1.54) is 6.92 Å². The minimum Gasteiger partial charge on any atom is -0.434 e. The lowest BCUT2D eigenvalue weighted by Gasteiger charge is -2.00. The molecule has 0 aliphatic rings. The van der Waals surface area contributed by atoms with Crippen LogP contribution in [-0.4, -0.2) is 11.8 Å². The molecule has 2 rings (SSSR count). The van der Waals surface area contributed by atoms with Gasteiger partial charge in [0.05, 0.1) is 0 Å². The van der Waals surface area contributed by atoms with E-state index in [4.69, 9.17) is 4.42 Å². The number of amides is 2. The summed E-state index contributed by atoms with van der Waals surface area (Å²) < 4.78 is 5.27. The molecule has 0 saturated carbocycles. The summed E-state index contributed by atoms with van der Waals surface area (Å²) in [6.45, 7) is 3.52. The van der Waals surface area contributed by atoms with E-state index in [-0.39, 0.29) is 10.7 Å². The number of hydrogen-bond acceptors (Lipinski definition) is 4.